The molecule has 0 unspecified atom stereocenters. The van der Waals surface area contributed by atoms with E-state index in [4.69, 9.17) is 4.42 Å². The average Bonchev–Trinajstić information content (AvgIpc) is 3.27. The molecule has 0 saturated heterocycles. The van der Waals surface area contributed by atoms with Gasteiger partial charge in [0.25, 0.3) is 11.1 Å². The fraction of sp³-hybridized carbons (Fsp3) is 0.150. The van der Waals surface area contributed by atoms with Crippen LogP contribution in [0.2, 0.25) is 0 Å². The van der Waals surface area contributed by atoms with Gasteiger partial charge in [-0.15, -0.1) is 0 Å². The quantitative estimate of drug-likeness (QED) is 0.525. The molecule has 1 amide bonds. The molecule has 0 aliphatic rings. The maximum atomic E-state index is 12.4. The van der Waals surface area contributed by atoms with Crippen LogP contribution in [-0.4, -0.2) is 31.8 Å². The van der Waals surface area contributed by atoms with E-state index in [-0.39, 0.29) is 36.7 Å². The Bertz CT molecular complexity index is 1270. The minimum atomic E-state index is -0.362. The molecule has 3 aromatic heterocycles. The third-order valence-corrected chi connectivity index (χ3v) is 4.33. The number of para-hydroxylation sites is 1. The number of nitrogens with zero attached hydrogens (tertiary/aromatic N) is 4. The van der Waals surface area contributed by atoms with Crippen LogP contribution in [0, 0.1) is 0 Å². The molecular formula is C20H17N5O4. The van der Waals surface area contributed by atoms with Crippen LogP contribution in [0.3, 0.4) is 0 Å². The lowest BCUT2D eigenvalue weighted by Gasteiger charge is -2.09. The molecule has 9 heteroatoms. The Hall–Kier alpha value is -4.01. The van der Waals surface area contributed by atoms with Gasteiger partial charge in [0.1, 0.15) is 12.2 Å². The number of hydrogen-bond acceptors (Lipinski definition) is 6. The van der Waals surface area contributed by atoms with Gasteiger partial charge in [-0.1, -0.05) is 12.1 Å². The van der Waals surface area contributed by atoms with Crippen molar-refractivity contribution in [2.75, 3.05) is 6.54 Å². The van der Waals surface area contributed by atoms with Crippen molar-refractivity contribution < 1.29 is 9.21 Å². The first-order valence-electron chi connectivity index (χ1n) is 8.95. The van der Waals surface area contributed by atoms with Crippen molar-refractivity contribution in [3.63, 3.8) is 0 Å². The predicted octanol–water partition coefficient (Wildman–Crippen LogP) is 1.03. The number of aromatic nitrogens is 4. The number of amides is 1. The highest BCUT2D eigenvalue weighted by atomic mass is 16.3. The molecular weight excluding hydrogens is 374 g/mol. The van der Waals surface area contributed by atoms with Crippen molar-refractivity contribution in [3.8, 4) is 11.5 Å². The van der Waals surface area contributed by atoms with Crippen LogP contribution in [0.15, 0.2) is 75.1 Å². The van der Waals surface area contributed by atoms with Crippen LogP contribution in [0.1, 0.15) is 0 Å². The van der Waals surface area contributed by atoms with Crippen LogP contribution in [-0.2, 0) is 17.9 Å². The summed E-state index contributed by atoms with van der Waals surface area (Å²) in [5.74, 6) is 0.186. The molecule has 9 nitrogen and oxygen atoms in total. The third-order valence-electron chi connectivity index (χ3n) is 4.33. The molecule has 4 aromatic rings. The lowest BCUT2D eigenvalue weighted by Crippen LogP contribution is -2.36. The fourth-order valence-electron chi connectivity index (χ4n) is 2.90. The van der Waals surface area contributed by atoms with E-state index >= 15 is 0 Å². The van der Waals surface area contributed by atoms with Crippen molar-refractivity contribution in [2.45, 2.75) is 13.1 Å². The van der Waals surface area contributed by atoms with E-state index in [2.05, 4.69) is 15.4 Å². The summed E-state index contributed by atoms with van der Waals surface area (Å²) in [7, 11) is 0. The van der Waals surface area contributed by atoms with Gasteiger partial charge in [0.2, 0.25) is 5.91 Å². The molecule has 0 fully saturated rings. The van der Waals surface area contributed by atoms with Crippen LogP contribution in [0.4, 0.5) is 0 Å². The number of nitrogens with one attached hydrogen (secondary N) is 1. The SMILES string of the molecule is O=C(Cn1cnc2ccccc2c1=O)NCCn1nc(-c2ccco2)ccc1=O. The molecule has 3 heterocycles. The minimum absolute atomic E-state index is 0.161. The number of fused-ring (bicyclic) bond motifs is 1. The number of carbonyl (C=O) groups excluding carboxylic acids is 1. The lowest BCUT2D eigenvalue weighted by molar-refractivity contribution is -0.121. The zero-order valence-corrected chi connectivity index (χ0v) is 15.3. The van der Waals surface area contributed by atoms with E-state index in [1.165, 1.54) is 27.9 Å². The molecule has 0 atom stereocenters. The van der Waals surface area contributed by atoms with Gasteiger partial charge in [0.15, 0.2) is 5.76 Å². The van der Waals surface area contributed by atoms with Gasteiger partial charge < -0.3 is 9.73 Å². The normalized spacial score (nSPS) is 10.9. The Balaban J connectivity index is 1.40. The van der Waals surface area contributed by atoms with Crippen LogP contribution in [0.5, 0.6) is 0 Å². The van der Waals surface area contributed by atoms with Crippen molar-refractivity contribution in [3.05, 3.63) is 81.8 Å². The van der Waals surface area contributed by atoms with Crippen LogP contribution in [0.25, 0.3) is 22.4 Å². The molecule has 4 rings (SSSR count). The number of rotatable bonds is 6. The Labute approximate surface area is 164 Å². The van der Waals surface area contributed by atoms with Gasteiger partial charge >= 0.3 is 0 Å². The van der Waals surface area contributed by atoms with E-state index in [1.54, 1.807) is 42.5 Å². The second-order valence-corrected chi connectivity index (χ2v) is 6.30. The molecule has 0 bridgehead atoms. The Morgan fingerprint density at radius 3 is 2.76 bits per heavy atom. The summed E-state index contributed by atoms with van der Waals surface area (Å²) in [6.45, 7) is 0.207. The zero-order chi connectivity index (χ0) is 20.2. The van der Waals surface area contributed by atoms with E-state index in [9.17, 15) is 14.4 Å². The summed E-state index contributed by atoms with van der Waals surface area (Å²) in [6, 6.07) is 13.4. The molecule has 1 aromatic carbocycles. The standard InChI is InChI=1S/C20H17N5O4/c26-18(12-24-13-22-15-5-2-1-4-14(15)20(24)28)21-9-10-25-19(27)8-7-16(23-25)17-6-3-11-29-17/h1-8,11,13H,9-10,12H2,(H,21,26). The summed E-state index contributed by atoms with van der Waals surface area (Å²) < 4.78 is 7.78. The third kappa shape index (κ3) is 3.98. The van der Waals surface area contributed by atoms with Crippen LogP contribution < -0.4 is 16.4 Å². The van der Waals surface area contributed by atoms with Crippen molar-refractivity contribution >= 4 is 16.8 Å². The number of furan rings is 1. The first-order chi connectivity index (χ1) is 14.1. The number of carbonyl (C=O) groups is 1. The highest BCUT2D eigenvalue weighted by Crippen LogP contribution is 2.14. The van der Waals surface area contributed by atoms with Gasteiger partial charge in [-0.05, 0) is 30.3 Å². The second kappa shape index (κ2) is 7.93. The summed E-state index contributed by atoms with van der Waals surface area (Å²) in [4.78, 5) is 40.8. The average molecular weight is 391 g/mol. The minimum Gasteiger partial charge on any atom is -0.463 e. The summed E-state index contributed by atoms with van der Waals surface area (Å²) in [5, 5.41) is 7.38. The van der Waals surface area contributed by atoms with Crippen LogP contribution >= 0.6 is 0 Å². The maximum absolute atomic E-state index is 12.4. The van der Waals surface area contributed by atoms with E-state index < -0.39 is 0 Å². The molecule has 29 heavy (non-hydrogen) atoms. The Morgan fingerprint density at radius 2 is 1.93 bits per heavy atom. The van der Waals surface area contributed by atoms with Gasteiger partial charge in [-0.25, -0.2) is 9.67 Å². The predicted molar refractivity (Wildman–Crippen MR) is 105 cm³/mol. The maximum Gasteiger partial charge on any atom is 0.266 e. The van der Waals surface area contributed by atoms with E-state index in [1.807, 2.05) is 0 Å². The summed E-state index contributed by atoms with van der Waals surface area (Å²) >= 11 is 0. The Kier molecular flexibility index (Phi) is 5.02. The van der Waals surface area contributed by atoms with Gasteiger partial charge in [-0.2, -0.15) is 5.10 Å². The topological polar surface area (TPSA) is 112 Å². The molecule has 0 radical (unpaired) electrons. The molecule has 0 spiro atoms. The Morgan fingerprint density at radius 1 is 1.07 bits per heavy atom. The fourth-order valence-corrected chi connectivity index (χ4v) is 2.90. The summed E-state index contributed by atoms with van der Waals surface area (Å²) in [5.41, 5.74) is 0.532. The highest BCUT2D eigenvalue weighted by Gasteiger charge is 2.09. The van der Waals surface area contributed by atoms with Crippen molar-refractivity contribution in [1.82, 2.24) is 24.6 Å². The second-order valence-electron chi connectivity index (χ2n) is 6.30. The zero-order valence-electron chi connectivity index (χ0n) is 15.3. The van der Waals surface area contributed by atoms with Crippen molar-refractivity contribution in [2.24, 2.45) is 0 Å². The first-order valence-corrected chi connectivity index (χ1v) is 8.95. The number of hydrogen-bond donors (Lipinski definition) is 1. The first kappa shape index (κ1) is 18.4. The van der Waals surface area contributed by atoms with E-state index in [0.29, 0.717) is 22.4 Å². The summed E-state index contributed by atoms with van der Waals surface area (Å²) in [6.07, 6.45) is 2.87. The van der Waals surface area contributed by atoms with E-state index in [0.717, 1.165) is 0 Å². The highest BCUT2D eigenvalue weighted by molar-refractivity contribution is 5.78. The molecule has 146 valence electrons. The molecule has 0 saturated carbocycles. The lowest BCUT2D eigenvalue weighted by atomic mass is 10.2. The smallest absolute Gasteiger partial charge is 0.266 e. The monoisotopic (exact) mass is 391 g/mol. The van der Waals surface area contributed by atoms with Gasteiger partial charge in [-0.3, -0.25) is 19.0 Å². The molecule has 0 aliphatic heterocycles. The molecule has 1 N–H and O–H groups in total. The van der Waals surface area contributed by atoms with Crippen molar-refractivity contribution in [1.29, 1.82) is 0 Å². The number of benzene rings is 1. The van der Waals surface area contributed by atoms with Gasteiger partial charge in [0, 0.05) is 12.6 Å². The largest absolute Gasteiger partial charge is 0.463 e. The molecule has 0 aliphatic carbocycles. The van der Waals surface area contributed by atoms with Gasteiger partial charge in [0.05, 0.1) is 30.0 Å².